The van der Waals surface area contributed by atoms with Crippen molar-refractivity contribution in [1.82, 2.24) is 0 Å². The molecule has 2 fully saturated rings. The van der Waals surface area contributed by atoms with Gasteiger partial charge in [-0.2, -0.15) is 0 Å². The first-order chi connectivity index (χ1) is 6.65. The molecule has 3 atom stereocenters. The fourth-order valence-corrected chi connectivity index (χ4v) is 3.61. The highest BCUT2D eigenvalue weighted by Gasteiger charge is 2.58. The van der Waals surface area contributed by atoms with E-state index in [1.54, 1.807) is 6.08 Å². The van der Waals surface area contributed by atoms with Gasteiger partial charge in [0.1, 0.15) is 0 Å². The van der Waals surface area contributed by atoms with Crippen LogP contribution in [0.15, 0.2) is 12.7 Å². The minimum Gasteiger partial charge on any atom is -0.392 e. The van der Waals surface area contributed by atoms with Crippen molar-refractivity contribution in [3.8, 4) is 0 Å². The summed E-state index contributed by atoms with van der Waals surface area (Å²) in [6, 6.07) is 0. The normalized spacial score (nSPS) is 47.4. The number of hydrogen-bond donors (Lipinski definition) is 2. The molecule has 80 valence electrons. The zero-order valence-corrected chi connectivity index (χ0v) is 8.71. The van der Waals surface area contributed by atoms with E-state index >= 15 is 0 Å². The summed E-state index contributed by atoms with van der Waals surface area (Å²) in [5.41, 5.74) is -0.883. The van der Waals surface area contributed by atoms with Crippen molar-refractivity contribution in [2.75, 3.05) is 0 Å². The first-order valence-corrected chi connectivity index (χ1v) is 5.66. The number of rotatable bonds is 2. The Morgan fingerprint density at radius 3 is 2.57 bits per heavy atom. The van der Waals surface area contributed by atoms with E-state index in [2.05, 4.69) is 6.58 Å². The quantitative estimate of drug-likeness (QED) is 0.663. The van der Waals surface area contributed by atoms with Crippen LogP contribution in [0.5, 0.6) is 0 Å². The van der Waals surface area contributed by atoms with Crippen LogP contribution >= 0.6 is 0 Å². The van der Waals surface area contributed by atoms with E-state index in [-0.39, 0.29) is 11.5 Å². The van der Waals surface area contributed by atoms with Crippen molar-refractivity contribution in [2.24, 2.45) is 5.41 Å². The van der Waals surface area contributed by atoms with E-state index in [9.17, 15) is 10.2 Å². The van der Waals surface area contributed by atoms with Gasteiger partial charge in [-0.3, -0.25) is 0 Å². The van der Waals surface area contributed by atoms with Crippen LogP contribution in [-0.4, -0.2) is 21.9 Å². The molecule has 2 aliphatic rings. The van der Waals surface area contributed by atoms with Gasteiger partial charge in [-0.1, -0.05) is 12.5 Å². The fraction of sp³-hybridized carbons (Fsp3) is 0.833. The molecule has 2 N–H and O–H groups in total. The molecule has 2 heteroatoms. The fourth-order valence-electron chi connectivity index (χ4n) is 3.61. The summed E-state index contributed by atoms with van der Waals surface area (Å²) in [6.45, 7) is 3.71. The molecule has 0 aromatic rings. The van der Waals surface area contributed by atoms with Gasteiger partial charge in [-0.05, 0) is 38.5 Å². The van der Waals surface area contributed by atoms with E-state index in [1.807, 2.05) is 0 Å². The van der Waals surface area contributed by atoms with Crippen LogP contribution in [0.25, 0.3) is 0 Å². The predicted molar refractivity (Wildman–Crippen MR) is 55.9 cm³/mol. The third kappa shape index (κ3) is 1.17. The van der Waals surface area contributed by atoms with Gasteiger partial charge in [0.2, 0.25) is 0 Å². The van der Waals surface area contributed by atoms with Crippen molar-refractivity contribution in [3.63, 3.8) is 0 Å². The summed E-state index contributed by atoms with van der Waals surface area (Å²) in [5.74, 6) is 0. The molecule has 0 saturated heterocycles. The first-order valence-electron chi connectivity index (χ1n) is 5.66. The Morgan fingerprint density at radius 1 is 1.29 bits per heavy atom. The number of aliphatic hydroxyl groups excluding tert-OH is 1. The lowest BCUT2D eigenvalue weighted by Gasteiger charge is -2.41. The van der Waals surface area contributed by atoms with E-state index in [0.29, 0.717) is 6.42 Å². The molecule has 2 nitrogen and oxygen atoms in total. The molecule has 0 aromatic heterocycles. The summed E-state index contributed by atoms with van der Waals surface area (Å²) in [4.78, 5) is 0. The average molecular weight is 196 g/mol. The van der Waals surface area contributed by atoms with E-state index in [4.69, 9.17) is 0 Å². The lowest BCUT2D eigenvalue weighted by Crippen LogP contribution is -2.48. The summed E-state index contributed by atoms with van der Waals surface area (Å²) < 4.78 is 0. The largest absolute Gasteiger partial charge is 0.392 e. The molecule has 2 rings (SSSR count). The molecule has 1 unspecified atom stereocenters. The Hall–Kier alpha value is -0.340. The summed E-state index contributed by atoms with van der Waals surface area (Å²) in [7, 11) is 0. The lowest BCUT2D eigenvalue weighted by atomic mass is 9.70. The molecule has 0 radical (unpaired) electrons. The smallest absolute Gasteiger partial charge is 0.0762 e. The maximum absolute atomic E-state index is 10.6. The summed E-state index contributed by atoms with van der Waals surface area (Å²) >= 11 is 0. The predicted octanol–water partition coefficient (Wildman–Crippen LogP) is 2.01. The second-order valence-corrected chi connectivity index (χ2v) is 4.94. The molecule has 14 heavy (non-hydrogen) atoms. The van der Waals surface area contributed by atoms with E-state index in [1.165, 1.54) is 0 Å². The van der Waals surface area contributed by atoms with Crippen molar-refractivity contribution in [2.45, 2.75) is 56.7 Å². The molecule has 2 aliphatic carbocycles. The minimum absolute atomic E-state index is 0.207. The SMILES string of the molecule is C=CCC1(O)CCC[C@]12CCC[C@@H]2O. The van der Waals surface area contributed by atoms with Crippen LogP contribution in [0.2, 0.25) is 0 Å². The number of hydrogen-bond acceptors (Lipinski definition) is 2. The molecule has 0 amide bonds. The Balaban J connectivity index is 2.28. The zero-order chi connectivity index (χ0) is 10.2. The van der Waals surface area contributed by atoms with Crippen LogP contribution in [0.1, 0.15) is 44.9 Å². The van der Waals surface area contributed by atoms with Crippen LogP contribution in [-0.2, 0) is 0 Å². The summed E-state index contributed by atoms with van der Waals surface area (Å²) in [6.07, 6.45) is 7.88. The Morgan fingerprint density at radius 2 is 2.00 bits per heavy atom. The van der Waals surface area contributed by atoms with Crippen LogP contribution < -0.4 is 0 Å². The zero-order valence-electron chi connectivity index (χ0n) is 8.71. The Bertz CT molecular complexity index is 234. The van der Waals surface area contributed by atoms with Crippen molar-refractivity contribution in [1.29, 1.82) is 0 Å². The van der Waals surface area contributed by atoms with Gasteiger partial charge < -0.3 is 10.2 Å². The van der Waals surface area contributed by atoms with Crippen LogP contribution in [0.4, 0.5) is 0 Å². The Kier molecular flexibility index (Phi) is 2.44. The molecule has 1 spiro atoms. The van der Waals surface area contributed by atoms with Crippen LogP contribution in [0, 0.1) is 5.41 Å². The van der Waals surface area contributed by atoms with E-state index in [0.717, 1.165) is 38.5 Å². The van der Waals surface area contributed by atoms with Gasteiger partial charge in [0.05, 0.1) is 11.7 Å². The van der Waals surface area contributed by atoms with Gasteiger partial charge in [-0.25, -0.2) is 0 Å². The summed E-state index contributed by atoms with van der Waals surface area (Å²) in [5, 5.41) is 20.6. The third-order valence-corrected chi connectivity index (χ3v) is 4.36. The highest BCUT2D eigenvalue weighted by molar-refractivity contribution is 5.11. The van der Waals surface area contributed by atoms with Crippen molar-refractivity contribution in [3.05, 3.63) is 12.7 Å². The molecular weight excluding hydrogens is 176 g/mol. The molecule has 0 aromatic carbocycles. The highest BCUT2D eigenvalue weighted by atomic mass is 16.3. The Labute approximate surface area is 85.6 Å². The van der Waals surface area contributed by atoms with Gasteiger partial charge in [0.15, 0.2) is 0 Å². The lowest BCUT2D eigenvalue weighted by molar-refractivity contribution is -0.107. The van der Waals surface area contributed by atoms with Crippen molar-refractivity contribution >= 4 is 0 Å². The van der Waals surface area contributed by atoms with Gasteiger partial charge in [-0.15, -0.1) is 6.58 Å². The molecular formula is C12H20O2. The van der Waals surface area contributed by atoms with Gasteiger partial charge in [0.25, 0.3) is 0 Å². The third-order valence-electron chi connectivity index (χ3n) is 4.36. The van der Waals surface area contributed by atoms with Gasteiger partial charge in [0, 0.05) is 5.41 Å². The second-order valence-electron chi connectivity index (χ2n) is 4.94. The number of aliphatic hydroxyl groups is 2. The standard InChI is InChI=1S/C12H20O2/c1-2-6-12(14)9-4-8-11(12)7-3-5-10(11)13/h2,10,13-14H,1,3-9H2/t10-,11-,12?/m0/s1. The van der Waals surface area contributed by atoms with Crippen molar-refractivity contribution < 1.29 is 10.2 Å². The highest BCUT2D eigenvalue weighted by Crippen LogP contribution is 2.57. The molecule has 0 bridgehead atoms. The topological polar surface area (TPSA) is 40.5 Å². The minimum atomic E-state index is -0.676. The van der Waals surface area contributed by atoms with Gasteiger partial charge >= 0.3 is 0 Å². The average Bonchev–Trinajstić information content (AvgIpc) is 2.63. The molecule has 0 heterocycles. The van der Waals surface area contributed by atoms with E-state index < -0.39 is 5.60 Å². The van der Waals surface area contributed by atoms with Crippen LogP contribution in [0.3, 0.4) is 0 Å². The first kappa shape index (κ1) is 10.2. The molecule has 2 saturated carbocycles. The monoisotopic (exact) mass is 196 g/mol. The maximum Gasteiger partial charge on any atom is 0.0762 e. The maximum atomic E-state index is 10.6. The second kappa shape index (κ2) is 3.35. The molecule has 0 aliphatic heterocycles.